The van der Waals surface area contributed by atoms with Crippen LogP contribution in [0.5, 0.6) is 0 Å². The highest BCUT2D eigenvalue weighted by atomic mass is 16.3. The number of carbonyl (C=O) groups excluding carboxylic acids is 2. The predicted molar refractivity (Wildman–Crippen MR) is 95.3 cm³/mol. The molecule has 0 radical (unpaired) electrons. The van der Waals surface area contributed by atoms with E-state index in [0.29, 0.717) is 18.9 Å². The van der Waals surface area contributed by atoms with Gasteiger partial charge in [-0.3, -0.25) is 9.59 Å². The molecule has 1 unspecified atom stereocenters. The first-order valence-corrected chi connectivity index (χ1v) is 8.88. The van der Waals surface area contributed by atoms with E-state index in [1.165, 1.54) is 11.8 Å². The van der Waals surface area contributed by atoms with Crippen molar-refractivity contribution in [1.29, 1.82) is 0 Å². The van der Waals surface area contributed by atoms with Crippen molar-refractivity contribution in [1.82, 2.24) is 10.2 Å². The van der Waals surface area contributed by atoms with Crippen LogP contribution in [0.3, 0.4) is 0 Å². The molecule has 0 spiro atoms. The molecule has 1 fully saturated rings. The van der Waals surface area contributed by atoms with Crippen molar-refractivity contribution in [3.8, 4) is 0 Å². The molecule has 0 bridgehead atoms. The maximum absolute atomic E-state index is 12.4. The monoisotopic (exact) mass is 340 g/mol. The molecule has 2 heterocycles. The predicted octanol–water partition coefficient (Wildman–Crippen LogP) is 3.20. The molecule has 0 saturated carbocycles. The van der Waals surface area contributed by atoms with Crippen molar-refractivity contribution in [2.45, 2.75) is 31.6 Å². The van der Waals surface area contributed by atoms with E-state index in [2.05, 4.69) is 29.6 Å². The van der Waals surface area contributed by atoms with E-state index in [4.69, 9.17) is 4.42 Å². The number of furan rings is 1. The number of rotatable bonds is 5. The van der Waals surface area contributed by atoms with Crippen LogP contribution in [0.1, 0.15) is 47.7 Å². The molecule has 3 rings (SSSR count). The average molecular weight is 340 g/mol. The fourth-order valence-electron chi connectivity index (χ4n) is 3.34. The number of nitrogens with one attached hydrogen (secondary N) is 1. The molecule has 1 atom stereocenters. The Morgan fingerprint density at radius 1 is 1.08 bits per heavy atom. The Morgan fingerprint density at radius 3 is 2.68 bits per heavy atom. The summed E-state index contributed by atoms with van der Waals surface area (Å²) in [6.45, 7) is 1.91. The van der Waals surface area contributed by atoms with Gasteiger partial charge >= 0.3 is 0 Å². The van der Waals surface area contributed by atoms with Crippen LogP contribution in [0.2, 0.25) is 0 Å². The quantitative estimate of drug-likeness (QED) is 0.909. The van der Waals surface area contributed by atoms with Gasteiger partial charge in [-0.2, -0.15) is 0 Å². The maximum atomic E-state index is 12.4. The van der Waals surface area contributed by atoms with E-state index in [9.17, 15) is 9.59 Å². The zero-order chi connectivity index (χ0) is 17.5. The third-order valence-corrected chi connectivity index (χ3v) is 4.72. The van der Waals surface area contributed by atoms with Crippen LogP contribution in [0.4, 0.5) is 0 Å². The molecule has 5 heteroatoms. The largest absolute Gasteiger partial charge is 0.459 e. The van der Waals surface area contributed by atoms with E-state index < -0.39 is 0 Å². The van der Waals surface area contributed by atoms with E-state index in [-0.39, 0.29) is 17.6 Å². The Labute approximate surface area is 148 Å². The number of nitrogens with zero attached hydrogens (tertiary/aromatic N) is 1. The number of hydrogen-bond donors (Lipinski definition) is 1. The molecule has 25 heavy (non-hydrogen) atoms. The number of carbonyl (C=O) groups is 2. The van der Waals surface area contributed by atoms with Gasteiger partial charge in [0.15, 0.2) is 5.76 Å². The van der Waals surface area contributed by atoms with E-state index >= 15 is 0 Å². The first-order valence-electron chi connectivity index (χ1n) is 8.88. The zero-order valence-electron chi connectivity index (χ0n) is 14.3. The van der Waals surface area contributed by atoms with Crippen molar-refractivity contribution in [3.05, 3.63) is 60.1 Å². The summed E-state index contributed by atoms with van der Waals surface area (Å²) >= 11 is 0. The molecule has 1 aliphatic rings. The van der Waals surface area contributed by atoms with Crippen LogP contribution in [-0.4, -0.2) is 36.3 Å². The fraction of sp³-hybridized carbons (Fsp3) is 0.400. The number of benzene rings is 1. The van der Waals surface area contributed by atoms with Gasteiger partial charge in [-0.1, -0.05) is 30.3 Å². The summed E-state index contributed by atoms with van der Waals surface area (Å²) in [7, 11) is 0. The van der Waals surface area contributed by atoms with Gasteiger partial charge in [0.2, 0.25) is 5.91 Å². The lowest BCUT2D eigenvalue weighted by Gasteiger charge is -2.21. The third kappa shape index (κ3) is 4.72. The summed E-state index contributed by atoms with van der Waals surface area (Å²) in [5.41, 5.74) is 1.36. The van der Waals surface area contributed by atoms with Gasteiger partial charge in [-0.25, -0.2) is 0 Å². The van der Waals surface area contributed by atoms with Crippen molar-refractivity contribution in [3.63, 3.8) is 0 Å². The van der Waals surface area contributed by atoms with Crippen molar-refractivity contribution in [2.75, 3.05) is 19.6 Å². The van der Waals surface area contributed by atoms with Gasteiger partial charge in [0.1, 0.15) is 0 Å². The summed E-state index contributed by atoms with van der Waals surface area (Å²) in [4.78, 5) is 26.1. The topological polar surface area (TPSA) is 62.6 Å². The second-order valence-corrected chi connectivity index (χ2v) is 6.40. The van der Waals surface area contributed by atoms with Gasteiger partial charge in [0.25, 0.3) is 5.91 Å². The lowest BCUT2D eigenvalue weighted by molar-refractivity contribution is -0.131. The Kier molecular flexibility index (Phi) is 5.88. The lowest BCUT2D eigenvalue weighted by Crippen LogP contribution is -2.35. The Hall–Kier alpha value is -2.56. The van der Waals surface area contributed by atoms with E-state index in [0.717, 1.165) is 32.4 Å². The summed E-state index contributed by atoms with van der Waals surface area (Å²) < 4.78 is 5.03. The van der Waals surface area contributed by atoms with Crippen molar-refractivity contribution < 1.29 is 14.0 Å². The smallest absolute Gasteiger partial charge is 0.286 e. The molecule has 1 aromatic heterocycles. The van der Waals surface area contributed by atoms with E-state index in [1.54, 1.807) is 12.1 Å². The Morgan fingerprint density at radius 2 is 1.92 bits per heavy atom. The Bertz CT molecular complexity index is 682. The molecule has 1 saturated heterocycles. The number of hydrogen-bond acceptors (Lipinski definition) is 3. The average Bonchev–Trinajstić information content (AvgIpc) is 3.07. The molecule has 2 amide bonds. The van der Waals surface area contributed by atoms with Crippen LogP contribution in [0.25, 0.3) is 0 Å². The van der Waals surface area contributed by atoms with Gasteiger partial charge < -0.3 is 14.6 Å². The highest BCUT2D eigenvalue weighted by molar-refractivity contribution is 5.91. The molecule has 1 aromatic carbocycles. The maximum Gasteiger partial charge on any atom is 0.286 e. The second kappa shape index (κ2) is 8.51. The van der Waals surface area contributed by atoms with Crippen LogP contribution in [0, 0.1) is 0 Å². The third-order valence-electron chi connectivity index (χ3n) is 4.72. The SMILES string of the molecule is O=C(NCCC(=O)N1CCCC(c2ccccc2)CC1)c1ccco1. The molecule has 1 aliphatic heterocycles. The summed E-state index contributed by atoms with van der Waals surface area (Å²) in [6, 6.07) is 13.8. The molecule has 5 nitrogen and oxygen atoms in total. The van der Waals surface area contributed by atoms with Gasteiger partial charge in [-0.05, 0) is 42.9 Å². The number of amides is 2. The molecular formula is C20H24N2O3. The second-order valence-electron chi connectivity index (χ2n) is 6.40. The first kappa shape index (κ1) is 17.3. The molecule has 1 N–H and O–H groups in total. The van der Waals surface area contributed by atoms with Crippen LogP contribution in [-0.2, 0) is 4.79 Å². The minimum absolute atomic E-state index is 0.105. The lowest BCUT2D eigenvalue weighted by atomic mass is 9.92. The summed E-state index contributed by atoms with van der Waals surface area (Å²) in [5, 5.41) is 2.73. The Balaban J connectivity index is 1.44. The van der Waals surface area contributed by atoms with Gasteiger partial charge in [0, 0.05) is 26.1 Å². The van der Waals surface area contributed by atoms with Gasteiger partial charge in [-0.15, -0.1) is 0 Å². The molecular weight excluding hydrogens is 316 g/mol. The molecule has 0 aliphatic carbocycles. The highest BCUT2D eigenvalue weighted by Gasteiger charge is 2.21. The minimum Gasteiger partial charge on any atom is -0.459 e. The zero-order valence-corrected chi connectivity index (χ0v) is 14.3. The first-order chi connectivity index (χ1) is 12.2. The van der Waals surface area contributed by atoms with Crippen LogP contribution >= 0.6 is 0 Å². The van der Waals surface area contributed by atoms with Crippen molar-refractivity contribution >= 4 is 11.8 Å². The summed E-state index contributed by atoms with van der Waals surface area (Å²) in [6.07, 6.45) is 4.91. The fourth-order valence-corrected chi connectivity index (χ4v) is 3.34. The van der Waals surface area contributed by atoms with Crippen LogP contribution < -0.4 is 5.32 Å². The normalized spacial score (nSPS) is 17.8. The molecule has 132 valence electrons. The molecule has 2 aromatic rings. The minimum atomic E-state index is -0.280. The summed E-state index contributed by atoms with van der Waals surface area (Å²) in [5.74, 6) is 0.622. The van der Waals surface area contributed by atoms with Crippen LogP contribution in [0.15, 0.2) is 53.1 Å². The van der Waals surface area contributed by atoms with Gasteiger partial charge in [0.05, 0.1) is 6.26 Å². The van der Waals surface area contributed by atoms with E-state index in [1.807, 2.05) is 11.0 Å². The van der Waals surface area contributed by atoms with Crippen molar-refractivity contribution in [2.24, 2.45) is 0 Å². The highest BCUT2D eigenvalue weighted by Crippen LogP contribution is 2.27. The standard InChI is InChI=1S/C20H24N2O3/c23-19(10-12-21-20(24)18-9-5-15-25-18)22-13-4-8-17(11-14-22)16-6-2-1-3-7-16/h1-3,5-7,9,15,17H,4,8,10-14H2,(H,21,24). The number of likely N-dealkylation sites (tertiary alicyclic amines) is 1.